The Morgan fingerprint density at radius 1 is 1.37 bits per heavy atom. The Bertz CT molecular complexity index is 356. The van der Waals surface area contributed by atoms with Crippen LogP contribution in [0.5, 0.6) is 0 Å². The van der Waals surface area contributed by atoms with Gasteiger partial charge in [0.1, 0.15) is 11.4 Å². The van der Waals surface area contributed by atoms with Crippen LogP contribution < -0.4 is 5.32 Å². The third-order valence-corrected chi connectivity index (χ3v) is 3.03. The van der Waals surface area contributed by atoms with Crippen LogP contribution in [0.25, 0.3) is 0 Å². The number of nitrogens with zero attached hydrogens (tertiary/aromatic N) is 2. The average Bonchev–Trinajstić information content (AvgIpc) is 2.26. The van der Waals surface area contributed by atoms with Gasteiger partial charge in [-0.2, -0.15) is 0 Å². The van der Waals surface area contributed by atoms with E-state index < -0.39 is 5.60 Å². The highest BCUT2D eigenvalue weighted by Crippen LogP contribution is 2.12. The van der Waals surface area contributed by atoms with E-state index in [9.17, 15) is 4.79 Å². The molecule has 110 valence electrons. The van der Waals surface area contributed by atoms with Crippen molar-refractivity contribution in [2.24, 2.45) is 4.99 Å². The second-order valence-corrected chi connectivity index (χ2v) is 6.59. The summed E-state index contributed by atoms with van der Waals surface area (Å²) in [7, 11) is 0. The van der Waals surface area contributed by atoms with Crippen molar-refractivity contribution in [3.05, 3.63) is 0 Å². The number of amidine groups is 1. The van der Waals surface area contributed by atoms with E-state index in [-0.39, 0.29) is 11.6 Å². The van der Waals surface area contributed by atoms with Gasteiger partial charge in [-0.1, -0.05) is 6.92 Å². The Balaban J connectivity index is 2.59. The molecule has 1 heterocycles. The molecular formula is C14H27N3O2. The summed E-state index contributed by atoms with van der Waals surface area (Å²) in [5.41, 5.74) is -0.461. The minimum Gasteiger partial charge on any atom is -0.444 e. The topological polar surface area (TPSA) is 53.9 Å². The molecule has 0 fully saturated rings. The molecule has 1 aliphatic rings. The molecule has 5 heteroatoms. The molecule has 1 amide bonds. The molecule has 19 heavy (non-hydrogen) atoms. The van der Waals surface area contributed by atoms with Crippen LogP contribution in [0, 0.1) is 0 Å². The maximum atomic E-state index is 12.0. The number of rotatable bonds is 2. The summed E-state index contributed by atoms with van der Waals surface area (Å²) < 4.78 is 5.39. The van der Waals surface area contributed by atoms with Crippen molar-refractivity contribution in [3.63, 3.8) is 0 Å². The zero-order valence-corrected chi connectivity index (χ0v) is 13.0. The van der Waals surface area contributed by atoms with Gasteiger partial charge >= 0.3 is 6.09 Å². The standard InChI is InChI=1S/C14H27N3O2/c1-7-14(5,6)16-11-10-17(9-8-15-11)12(18)19-13(2,3)4/h7-10H2,1-6H3,(H,15,16). The Kier molecular flexibility index (Phi) is 4.82. The lowest BCUT2D eigenvalue weighted by Crippen LogP contribution is -2.52. The fraction of sp³-hybridized carbons (Fsp3) is 0.857. The lowest BCUT2D eigenvalue weighted by Gasteiger charge is -2.33. The van der Waals surface area contributed by atoms with Crippen LogP contribution in [-0.2, 0) is 4.74 Å². The van der Waals surface area contributed by atoms with Crippen molar-refractivity contribution in [2.45, 2.75) is 59.1 Å². The SMILES string of the molecule is CCC(C)(C)NC1=NCCN(C(=O)OC(C)(C)C)C1. The quantitative estimate of drug-likeness (QED) is 0.837. The van der Waals surface area contributed by atoms with Crippen molar-refractivity contribution < 1.29 is 9.53 Å². The average molecular weight is 269 g/mol. The molecule has 0 saturated carbocycles. The molecule has 0 saturated heterocycles. The molecule has 0 radical (unpaired) electrons. The first-order valence-electron chi connectivity index (χ1n) is 6.92. The predicted octanol–water partition coefficient (Wildman–Crippen LogP) is 2.41. The third-order valence-electron chi connectivity index (χ3n) is 3.03. The summed E-state index contributed by atoms with van der Waals surface area (Å²) in [4.78, 5) is 18.2. The highest BCUT2D eigenvalue weighted by molar-refractivity contribution is 5.88. The van der Waals surface area contributed by atoms with Gasteiger partial charge < -0.3 is 10.1 Å². The Morgan fingerprint density at radius 2 is 2.00 bits per heavy atom. The normalized spacial score (nSPS) is 16.9. The van der Waals surface area contributed by atoms with E-state index in [2.05, 4.69) is 31.1 Å². The monoisotopic (exact) mass is 269 g/mol. The van der Waals surface area contributed by atoms with Gasteiger partial charge in [0, 0.05) is 12.1 Å². The van der Waals surface area contributed by atoms with Crippen molar-refractivity contribution in [1.82, 2.24) is 10.2 Å². The number of carbonyl (C=O) groups excluding carboxylic acids is 1. The first kappa shape index (κ1) is 15.8. The second-order valence-electron chi connectivity index (χ2n) is 6.59. The largest absolute Gasteiger partial charge is 0.444 e. The molecular weight excluding hydrogens is 242 g/mol. The van der Waals surface area contributed by atoms with Gasteiger partial charge in [0.2, 0.25) is 0 Å². The van der Waals surface area contributed by atoms with Crippen LogP contribution in [0.4, 0.5) is 4.79 Å². The van der Waals surface area contributed by atoms with Crippen LogP contribution in [0.3, 0.4) is 0 Å². The number of aliphatic imine (C=N–C) groups is 1. The number of hydrogen-bond acceptors (Lipinski definition) is 4. The summed E-state index contributed by atoms with van der Waals surface area (Å²) in [6.45, 7) is 13.8. The minimum absolute atomic E-state index is 0.00419. The van der Waals surface area contributed by atoms with Crippen molar-refractivity contribution in [2.75, 3.05) is 19.6 Å². The van der Waals surface area contributed by atoms with E-state index in [0.29, 0.717) is 19.6 Å². The van der Waals surface area contributed by atoms with Crippen LogP contribution in [-0.4, -0.2) is 47.6 Å². The number of ether oxygens (including phenoxy) is 1. The summed E-state index contributed by atoms with van der Waals surface area (Å²) in [5, 5.41) is 3.39. The fourth-order valence-electron chi connectivity index (χ4n) is 1.66. The Morgan fingerprint density at radius 3 is 2.53 bits per heavy atom. The van der Waals surface area contributed by atoms with Crippen molar-refractivity contribution in [1.29, 1.82) is 0 Å². The number of amides is 1. The van der Waals surface area contributed by atoms with Crippen molar-refractivity contribution >= 4 is 11.9 Å². The van der Waals surface area contributed by atoms with Gasteiger partial charge in [-0.15, -0.1) is 0 Å². The third kappa shape index (κ3) is 5.49. The van der Waals surface area contributed by atoms with Crippen LogP contribution in [0.2, 0.25) is 0 Å². The molecule has 0 aromatic carbocycles. The molecule has 0 unspecified atom stereocenters. The van der Waals surface area contributed by atoms with Gasteiger partial charge in [0.15, 0.2) is 0 Å². The molecule has 5 nitrogen and oxygen atoms in total. The van der Waals surface area contributed by atoms with E-state index in [1.54, 1.807) is 4.90 Å². The van der Waals surface area contributed by atoms with Crippen LogP contribution in [0.1, 0.15) is 48.0 Å². The van der Waals surface area contributed by atoms with Gasteiger partial charge in [-0.25, -0.2) is 4.79 Å². The lowest BCUT2D eigenvalue weighted by atomic mass is 10.0. The molecule has 0 aromatic rings. The van der Waals surface area contributed by atoms with E-state index >= 15 is 0 Å². The fourth-order valence-corrected chi connectivity index (χ4v) is 1.66. The second kappa shape index (κ2) is 5.80. The maximum absolute atomic E-state index is 12.0. The molecule has 0 bridgehead atoms. The highest BCUT2D eigenvalue weighted by atomic mass is 16.6. The van der Waals surface area contributed by atoms with E-state index in [4.69, 9.17) is 4.74 Å². The summed E-state index contributed by atoms with van der Waals surface area (Å²) in [6, 6.07) is 0. The van der Waals surface area contributed by atoms with E-state index in [0.717, 1.165) is 12.3 Å². The smallest absolute Gasteiger partial charge is 0.410 e. The van der Waals surface area contributed by atoms with E-state index in [1.165, 1.54) is 0 Å². The molecule has 0 aromatic heterocycles. The number of nitrogens with one attached hydrogen (secondary N) is 1. The first-order chi connectivity index (χ1) is 8.63. The van der Waals surface area contributed by atoms with Crippen LogP contribution >= 0.6 is 0 Å². The lowest BCUT2D eigenvalue weighted by molar-refractivity contribution is 0.0275. The molecule has 1 rings (SSSR count). The summed E-state index contributed by atoms with van der Waals surface area (Å²) >= 11 is 0. The summed E-state index contributed by atoms with van der Waals surface area (Å²) in [5.74, 6) is 0.865. The van der Waals surface area contributed by atoms with Gasteiger partial charge in [0.25, 0.3) is 0 Å². The minimum atomic E-state index is -0.456. The zero-order valence-electron chi connectivity index (χ0n) is 13.0. The molecule has 0 spiro atoms. The highest BCUT2D eigenvalue weighted by Gasteiger charge is 2.26. The number of hydrogen-bond donors (Lipinski definition) is 1. The maximum Gasteiger partial charge on any atom is 0.410 e. The predicted molar refractivity (Wildman–Crippen MR) is 77.6 cm³/mol. The van der Waals surface area contributed by atoms with Gasteiger partial charge in [-0.05, 0) is 41.0 Å². The zero-order chi connectivity index (χ0) is 14.7. The van der Waals surface area contributed by atoms with Crippen LogP contribution in [0.15, 0.2) is 4.99 Å². The molecule has 1 N–H and O–H groups in total. The molecule has 1 aliphatic heterocycles. The summed E-state index contributed by atoms with van der Waals surface area (Å²) in [6.07, 6.45) is 0.731. The Hall–Kier alpha value is -1.26. The van der Waals surface area contributed by atoms with Crippen molar-refractivity contribution in [3.8, 4) is 0 Å². The van der Waals surface area contributed by atoms with Gasteiger partial charge in [-0.3, -0.25) is 9.89 Å². The number of carbonyl (C=O) groups is 1. The molecule has 0 atom stereocenters. The molecule has 0 aliphatic carbocycles. The van der Waals surface area contributed by atoms with E-state index in [1.807, 2.05) is 20.8 Å². The first-order valence-corrected chi connectivity index (χ1v) is 6.92. The Labute approximate surface area is 116 Å². The van der Waals surface area contributed by atoms with Gasteiger partial charge in [0.05, 0.1) is 13.1 Å².